The predicted octanol–water partition coefficient (Wildman–Crippen LogP) is 13.1. The van der Waals surface area contributed by atoms with Crippen molar-refractivity contribution in [2.24, 2.45) is 0 Å². The van der Waals surface area contributed by atoms with Crippen LogP contribution >= 0.6 is 0 Å². The molecule has 0 aliphatic carbocycles. The van der Waals surface area contributed by atoms with E-state index in [-0.39, 0.29) is 0 Å². The topological polar surface area (TPSA) is 55.1 Å². The molecule has 8 aromatic carbocycles. The average molecular weight is 693 g/mol. The summed E-state index contributed by atoms with van der Waals surface area (Å²) < 4.78 is 6.64. The van der Waals surface area contributed by atoms with Gasteiger partial charge in [-0.15, -0.1) is 0 Å². The van der Waals surface area contributed by atoms with Crippen LogP contribution < -0.4 is 4.90 Å². The van der Waals surface area contributed by atoms with Crippen LogP contribution in [-0.4, -0.2) is 15.0 Å². The highest BCUT2D eigenvalue weighted by molar-refractivity contribution is 6.14. The van der Waals surface area contributed by atoms with Gasteiger partial charge in [-0.3, -0.25) is 0 Å². The fourth-order valence-corrected chi connectivity index (χ4v) is 7.33. The molecule has 0 N–H and O–H groups in total. The van der Waals surface area contributed by atoms with Crippen LogP contribution in [0.15, 0.2) is 199 Å². The van der Waals surface area contributed by atoms with E-state index in [0.29, 0.717) is 17.5 Å². The molecule has 10 aromatic rings. The Hall–Kier alpha value is -7.37. The van der Waals surface area contributed by atoms with Gasteiger partial charge in [-0.05, 0) is 70.4 Å². The van der Waals surface area contributed by atoms with Crippen molar-refractivity contribution in [1.29, 1.82) is 0 Å². The van der Waals surface area contributed by atoms with Crippen LogP contribution in [0.25, 0.3) is 78.0 Å². The number of nitrogens with zero attached hydrogens (tertiary/aromatic N) is 4. The van der Waals surface area contributed by atoms with E-state index in [1.54, 1.807) is 0 Å². The molecule has 0 bridgehead atoms. The summed E-state index contributed by atoms with van der Waals surface area (Å²) in [6.07, 6.45) is 0. The average Bonchev–Trinajstić information content (AvgIpc) is 3.63. The highest BCUT2D eigenvalue weighted by atomic mass is 16.3. The molecular weight excluding hydrogens is 661 g/mol. The molecule has 0 aliphatic heterocycles. The molecule has 2 heterocycles. The Morgan fingerprint density at radius 3 is 1.72 bits per heavy atom. The van der Waals surface area contributed by atoms with Gasteiger partial charge in [0.25, 0.3) is 0 Å². The first-order valence-corrected chi connectivity index (χ1v) is 18.0. The first kappa shape index (κ1) is 31.4. The summed E-state index contributed by atoms with van der Waals surface area (Å²) in [7, 11) is 0. The van der Waals surface area contributed by atoms with Crippen LogP contribution in [0.3, 0.4) is 0 Å². The minimum atomic E-state index is 0.582. The van der Waals surface area contributed by atoms with Gasteiger partial charge >= 0.3 is 0 Å². The molecule has 0 spiro atoms. The lowest BCUT2D eigenvalue weighted by Crippen LogP contribution is -2.10. The van der Waals surface area contributed by atoms with Crippen molar-refractivity contribution in [3.63, 3.8) is 0 Å². The number of aromatic nitrogens is 3. The predicted molar refractivity (Wildman–Crippen MR) is 221 cm³/mol. The number of benzene rings is 8. The van der Waals surface area contributed by atoms with E-state index in [0.717, 1.165) is 66.5 Å². The first-order chi connectivity index (χ1) is 26.8. The van der Waals surface area contributed by atoms with Crippen molar-refractivity contribution < 1.29 is 4.42 Å². The summed E-state index contributed by atoms with van der Waals surface area (Å²) in [6.45, 7) is 0. The van der Waals surface area contributed by atoms with E-state index < -0.39 is 0 Å². The smallest absolute Gasteiger partial charge is 0.164 e. The molecule has 0 saturated carbocycles. The molecule has 2 aromatic heterocycles. The summed E-state index contributed by atoms with van der Waals surface area (Å²) in [4.78, 5) is 17.4. The van der Waals surface area contributed by atoms with Gasteiger partial charge in [0.05, 0.1) is 11.1 Å². The molecule has 254 valence electrons. The molecule has 0 saturated heterocycles. The number of para-hydroxylation sites is 1. The summed E-state index contributed by atoms with van der Waals surface area (Å²) in [5.74, 6) is 1.82. The molecule has 0 amide bonds. The van der Waals surface area contributed by atoms with E-state index in [4.69, 9.17) is 19.4 Å². The van der Waals surface area contributed by atoms with Gasteiger partial charge in [0.15, 0.2) is 17.5 Å². The largest absolute Gasteiger partial charge is 0.456 e. The number of fused-ring (bicyclic) bond motifs is 4. The maximum atomic E-state index is 6.64. The van der Waals surface area contributed by atoms with E-state index in [2.05, 4.69) is 150 Å². The fraction of sp³-hybridized carbons (Fsp3) is 0. The third-order valence-electron chi connectivity index (χ3n) is 9.92. The van der Waals surface area contributed by atoms with Crippen LogP contribution in [0.1, 0.15) is 0 Å². The molecule has 10 rings (SSSR count). The Morgan fingerprint density at radius 1 is 0.370 bits per heavy atom. The quantitative estimate of drug-likeness (QED) is 0.166. The fourth-order valence-electron chi connectivity index (χ4n) is 7.33. The van der Waals surface area contributed by atoms with E-state index in [9.17, 15) is 0 Å². The second-order valence-corrected chi connectivity index (χ2v) is 13.2. The Labute approximate surface area is 312 Å². The Balaban J connectivity index is 1.12. The maximum Gasteiger partial charge on any atom is 0.164 e. The molecular formula is C49H32N4O. The van der Waals surface area contributed by atoms with Crippen molar-refractivity contribution in [1.82, 2.24) is 15.0 Å². The molecule has 0 aliphatic rings. The lowest BCUT2D eigenvalue weighted by molar-refractivity contribution is 0.669. The summed E-state index contributed by atoms with van der Waals surface area (Å²) >= 11 is 0. The Morgan fingerprint density at radius 2 is 0.944 bits per heavy atom. The van der Waals surface area contributed by atoms with Crippen LogP contribution in [0.2, 0.25) is 0 Å². The zero-order valence-corrected chi connectivity index (χ0v) is 29.2. The van der Waals surface area contributed by atoms with Crippen molar-refractivity contribution in [2.75, 3.05) is 4.90 Å². The second kappa shape index (κ2) is 13.3. The highest BCUT2D eigenvalue weighted by Crippen LogP contribution is 2.44. The van der Waals surface area contributed by atoms with E-state index in [1.807, 2.05) is 48.5 Å². The number of hydrogen-bond donors (Lipinski definition) is 0. The number of furan rings is 1. The third kappa shape index (κ3) is 5.65. The molecule has 0 atom stereocenters. The summed E-state index contributed by atoms with van der Waals surface area (Å²) in [5, 5.41) is 4.27. The van der Waals surface area contributed by atoms with Crippen LogP contribution in [-0.2, 0) is 0 Å². The van der Waals surface area contributed by atoms with Crippen LogP contribution in [0, 0.1) is 0 Å². The van der Waals surface area contributed by atoms with Crippen molar-refractivity contribution in [3.05, 3.63) is 194 Å². The standard InChI is InChI=1S/C49H32N4O/c1-4-14-33(15-5-1)34-26-29-39(30-27-34)53(38-20-8-3-9-21-38)43-24-13-25-44-46(43)42-31-28-37(32-45(42)54-44)48-50-47(36-17-6-2-7-18-36)51-49(52-48)41-23-12-19-35-16-10-11-22-40(35)41/h1-32H. The summed E-state index contributed by atoms with van der Waals surface area (Å²) in [5.41, 5.74) is 9.80. The SMILES string of the molecule is c1ccc(-c2ccc(N(c3ccccc3)c3cccc4oc5cc(-c6nc(-c7ccccc7)nc(-c7cccc8ccccc78)n6)ccc5c34)cc2)cc1. The summed E-state index contributed by atoms with van der Waals surface area (Å²) in [6, 6.07) is 66.9. The van der Waals surface area contributed by atoms with Crippen molar-refractivity contribution >= 4 is 49.8 Å². The molecule has 5 heteroatoms. The molecule has 0 fully saturated rings. The van der Waals surface area contributed by atoms with Gasteiger partial charge < -0.3 is 9.32 Å². The third-order valence-corrected chi connectivity index (χ3v) is 9.92. The zero-order valence-electron chi connectivity index (χ0n) is 29.2. The minimum absolute atomic E-state index is 0.582. The maximum absolute atomic E-state index is 6.64. The highest BCUT2D eigenvalue weighted by Gasteiger charge is 2.21. The minimum Gasteiger partial charge on any atom is -0.456 e. The van der Waals surface area contributed by atoms with Crippen molar-refractivity contribution in [2.45, 2.75) is 0 Å². The van der Waals surface area contributed by atoms with Crippen LogP contribution in [0.4, 0.5) is 17.1 Å². The molecule has 5 nitrogen and oxygen atoms in total. The van der Waals surface area contributed by atoms with Gasteiger partial charge in [-0.25, -0.2) is 15.0 Å². The van der Waals surface area contributed by atoms with Crippen molar-refractivity contribution in [3.8, 4) is 45.3 Å². The molecule has 54 heavy (non-hydrogen) atoms. The molecule has 0 unspecified atom stereocenters. The normalized spacial score (nSPS) is 11.3. The Kier molecular flexibility index (Phi) is 7.73. The lowest BCUT2D eigenvalue weighted by Gasteiger charge is -2.26. The second-order valence-electron chi connectivity index (χ2n) is 13.2. The Bertz CT molecular complexity index is 2920. The van der Waals surface area contributed by atoms with Gasteiger partial charge in [0.1, 0.15) is 11.2 Å². The number of rotatable bonds is 7. The zero-order chi connectivity index (χ0) is 35.8. The number of hydrogen-bond acceptors (Lipinski definition) is 5. The van der Waals surface area contributed by atoms with Gasteiger partial charge in [-0.1, -0.05) is 146 Å². The van der Waals surface area contributed by atoms with Gasteiger partial charge in [0, 0.05) is 33.5 Å². The first-order valence-electron chi connectivity index (χ1n) is 18.0. The van der Waals surface area contributed by atoms with Crippen LogP contribution in [0.5, 0.6) is 0 Å². The lowest BCUT2D eigenvalue weighted by atomic mass is 10.0. The monoisotopic (exact) mass is 692 g/mol. The van der Waals surface area contributed by atoms with E-state index >= 15 is 0 Å². The van der Waals surface area contributed by atoms with E-state index in [1.165, 1.54) is 11.1 Å². The molecule has 0 radical (unpaired) electrons. The van der Waals surface area contributed by atoms with Gasteiger partial charge in [-0.2, -0.15) is 0 Å². The number of anilines is 3. The van der Waals surface area contributed by atoms with Gasteiger partial charge in [0.2, 0.25) is 0 Å².